The second-order valence-corrected chi connectivity index (χ2v) is 4.32. The summed E-state index contributed by atoms with van der Waals surface area (Å²) in [4.78, 5) is 0. The van der Waals surface area contributed by atoms with Crippen LogP contribution in [-0.2, 0) is 6.61 Å². The first-order chi connectivity index (χ1) is 8.40. The van der Waals surface area contributed by atoms with Gasteiger partial charge in [-0.05, 0) is 22.3 Å². The maximum Gasteiger partial charge on any atom is 0.0684 e. The van der Waals surface area contributed by atoms with Crippen LogP contribution in [0, 0.1) is 0 Å². The number of hydrogen-bond donors (Lipinski definition) is 1. The number of hydrogen-bond acceptors (Lipinski definition) is 1. The van der Waals surface area contributed by atoms with Crippen LogP contribution in [0.15, 0.2) is 54.6 Å². The van der Waals surface area contributed by atoms with Gasteiger partial charge in [0.05, 0.1) is 6.61 Å². The largest absolute Gasteiger partial charge is 0.392 e. The molecule has 0 saturated heterocycles. The van der Waals surface area contributed by atoms with Gasteiger partial charge in [-0.1, -0.05) is 60.7 Å². The fourth-order valence-electron chi connectivity index (χ4n) is 2.50. The van der Waals surface area contributed by atoms with Gasteiger partial charge in [0.25, 0.3) is 0 Å². The van der Waals surface area contributed by atoms with Crippen LogP contribution >= 0.6 is 0 Å². The van der Waals surface area contributed by atoms with E-state index in [9.17, 15) is 5.11 Å². The van der Waals surface area contributed by atoms with E-state index < -0.39 is 0 Å². The first kappa shape index (κ1) is 10.3. The number of benzene rings is 2. The molecule has 1 aliphatic carbocycles. The molecule has 0 heterocycles. The third kappa shape index (κ3) is 1.69. The van der Waals surface area contributed by atoms with Crippen LogP contribution < -0.4 is 0 Å². The summed E-state index contributed by atoms with van der Waals surface area (Å²) in [5, 5.41) is 9.40. The average molecular weight is 222 g/mol. The van der Waals surface area contributed by atoms with E-state index >= 15 is 0 Å². The minimum absolute atomic E-state index is 0.0999. The van der Waals surface area contributed by atoms with E-state index in [1.54, 1.807) is 0 Å². The van der Waals surface area contributed by atoms with Crippen molar-refractivity contribution in [2.75, 3.05) is 0 Å². The molecule has 0 aliphatic heterocycles. The lowest BCUT2D eigenvalue weighted by Gasteiger charge is -2.14. The third-order valence-electron chi connectivity index (χ3n) is 3.36. The zero-order valence-electron chi connectivity index (χ0n) is 9.51. The summed E-state index contributed by atoms with van der Waals surface area (Å²) in [6, 6.07) is 16.5. The molecule has 0 bridgehead atoms. The predicted molar refractivity (Wildman–Crippen MR) is 69.7 cm³/mol. The summed E-state index contributed by atoms with van der Waals surface area (Å²) in [6.07, 6.45) is 4.37. The topological polar surface area (TPSA) is 20.2 Å². The SMILES string of the molecule is OCc1ccccc1C1C=Cc2ccccc21. The summed E-state index contributed by atoms with van der Waals surface area (Å²) >= 11 is 0. The van der Waals surface area contributed by atoms with E-state index in [0.717, 1.165) is 5.56 Å². The Morgan fingerprint density at radius 3 is 2.41 bits per heavy atom. The maximum absolute atomic E-state index is 9.40. The van der Waals surface area contributed by atoms with Gasteiger partial charge in [-0.15, -0.1) is 0 Å². The van der Waals surface area contributed by atoms with Crippen LogP contribution in [0.25, 0.3) is 6.08 Å². The smallest absolute Gasteiger partial charge is 0.0684 e. The molecule has 17 heavy (non-hydrogen) atoms. The molecule has 1 aliphatic rings. The van der Waals surface area contributed by atoms with Crippen molar-refractivity contribution in [1.82, 2.24) is 0 Å². The van der Waals surface area contributed by atoms with Crippen LogP contribution in [-0.4, -0.2) is 5.11 Å². The Hall–Kier alpha value is -1.86. The molecule has 3 rings (SSSR count). The van der Waals surface area contributed by atoms with Crippen molar-refractivity contribution in [3.63, 3.8) is 0 Å². The van der Waals surface area contributed by atoms with Crippen LogP contribution in [0.5, 0.6) is 0 Å². The summed E-state index contributed by atoms with van der Waals surface area (Å²) in [6.45, 7) is 0.0999. The standard InChI is InChI=1S/C16H14O/c17-11-13-6-2-4-8-15(13)16-10-9-12-5-1-3-7-14(12)16/h1-10,16-17H,11H2. The van der Waals surface area contributed by atoms with E-state index in [-0.39, 0.29) is 12.5 Å². The average Bonchev–Trinajstić information content (AvgIpc) is 2.82. The molecule has 1 unspecified atom stereocenters. The zero-order chi connectivity index (χ0) is 11.7. The molecule has 2 aromatic carbocycles. The lowest BCUT2D eigenvalue weighted by Crippen LogP contribution is -2.00. The second kappa shape index (κ2) is 4.19. The van der Waals surface area contributed by atoms with Crippen molar-refractivity contribution in [1.29, 1.82) is 0 Å². The first-order valence-corrected chi connectivity index (χ1v) is 5.86. The number of aliphatic hydroxyl groups is 1. The molecule has 0 saturated carbocycles. The third-order valence-corrected chi connectivity index (χ3v) is 3.36. The van der Waals surface area contributed by atoms with Gasteiger partial charge in [-0.3, -0.25) is 0 Å². The van der Waals surface area contributed by atoms with Crippen molar-refractivity contribution in [2.45, 2.75) is 12.5 Å². The maximum atomic E-state index is 9.40. The molecule has 0 amide bonds. The summed E-state index contributed by atoms with van der Waals surface area (Å²) < 4.78 is 0. The van der Waals surface area contributed by atoms with E-state index in [1.165, 1.54) is 16.7 Å². The normalized spacial score (nSPS) is 17.1. The van der Waals surface area contributed by atoms with Crippen molar-refractivity contribution in [3.8, 4) is 0 Å². The fourth-order valence-corrected chi connectivity index (χ4v) is 2.50. The predicted octanol–water partition coefficient (Wildman–Crippen LogP) is 3.34. The van der Waals surface area contributed by atoms with E-state index in [0.29, 0.717) is 0 Å². The van der Waals surface area contributed by atoms with Crippen LogP contribution in [0.3, 0.4) is 0 Å². The van der Waals surface area contributed by atoms with Gasteiger partial charge in [-0.2, -0.15) is 0 Å². The molecule has 1 atom stereocenters. The molecule has 84 valence electrons. The summed E-state index contributed by atoms with van der Waals surface area (Å²) in [7, 11) is 0. The number of allylic oxidation sites excluding steroid dienone is 1. The Kier molecular flexibility index (Phi) is 2.54. The van der Waals surface area contributed by atoms with Gasteiger partial charge in [-0.25, -0.2) is 0 Å². The minimum atomic E-state index is 0.0999. The van der Waals surface area contributed by atoms with Gasteiger partial charge in [0.2, 0.25) is 0 Å². The van der Waals surface area contributed by atoms with E-state index in [2.05, 4.69) is 42.5 Å². The van der Waals surface area contributed by atoms with Crippen LogP contribution in [0.4, 0.5) is 0 Å². The molecule has 2 aromatic rings. The van der Waals surface area contributed by atoms with Crippen LogP contribution in [0.1, 0.15) is 28.2 Å². The van der Waals surface area contributed by atoms with Gasteiger partial charge < -0.3 is 5.11 Å². The van der Waals surface area contributed by atoms with E-state index in [1.807, 2.05) is 18.2 Å². The molecular formula is C16H14O. The molecule has 1 heteroatoms. The highest BCUT2D eigenvalue weighted by atomic mass is 16.3. The highest BCUT2D eigenvalue weighted by molar-refractivity contribution is 5.65. The summed E-state index contributed by atoms with van der Waals surface area (Å²) in [5.41, 5.74) is 4.83. The monoisotopic (exact) mass is 222 g/mol. The van der Waals surface area contributed by atoms with Crippen LogP contribution in [0.2, 0.25) is 0 Å². The number of fused-ring (bicyclic) bond motifs is 1. The number of rotatable bonds is 2. The quantitative estimate of drug-likeness (QED) is 0.826. The molecule has 0 radical (unpaired) electrons. The van der Waals surface area contributed by atoms with Gasteiger partial charge in [0, 0.05) is 5.92 Å². The highest BCUT2D eigenvalue weighted by Gasteiger charge is 2.20. The van der Waals surface area contributed by atoms with Gasteiger partial charge in [0.15, 0.2) is 0 Å². The molecule has 0 spiro atoms. The summed E-state index contributed by atoms with van der Waals surface area (Å²) in [5.74, 6) is 0.287. The Bertz CT molecular complexity index is 569. The molecule has 0 aromatic heterocycles. The van der Waals surface area contributed by atoms with Crippen molar-refractivity contribution >= 4 is 6.08 Å². The Morgan fingerprint density at radius 2 is 1.59 bits per heavy atom. The van der Waals surface area contributed by atoms with Gasteiger partial charge in [0.1, 0.15) is 0 Å². The Morgan fingerprint density at radius 1 is 0.882 bits per heavy atom. The Balaban J connectivity index is 2.10. The molecular weight excluding hydrogens is 208 g/mol. The molecule has 1 N–H and O–H groups in total. The van der Waals surface area contributed by atoms with E-state index in [4.69, 9.17) is 0 Å². The second-order valence-electron chi connectivity index (χ2n) is 4.32. The minimum Gasteiger partial charge on any atom is -0.392 e. The first-order valence-electron chi connectivity index (χ1n) is 5.86. The zero-order valence-corrected chi connectivity index (χ0v) is 9.51. The van der Waals surface area contributed by atoms with Crippen molar-refractivity contribution in [3.05, 3.63) is 76.9 Å². The molecule has 1 nitrogen and oxygen atoms in total. The molecule has 0 fully saturated rings. The van der Waals surface area contributed by atoms with Crippen molar-refractivity contribution in [2.24, 2.45) is 0 Å². The number of aliphatic hydroxyl groups excluding tert-OH is 1. The fraction of sp³-hybridized carbons (Fsp3) is 0.125. The lowest BCUT2D eigenvalue weighted by atomic mass is 9.90. The van der Waals surface area contributed by atoms with Crippen molar-refractivity contribution < 1.29 is 5.11 Å². The Labute approximate surface area is 101 Å². The van der Waals surface area contributed by atoms with Gasteiger partial charge >= 0.3 is 0 Å². The highest BCUT2D eigenvalue weighted by Crippen LogP contribution is 2.36. The lowest BCUT2D eigenvalue weighted by molar-refractivity contribution is 0.280.